The Morgan fingerprint density at radius 2 is 0.0857 bits per heavy atom. The van der Waals surface area contributed by atoms with Crippen molar-refractivity contribution in [2.24, 2.45) is 0 Å². The van der Waals surface area contributed by atoms with Crippen LogP contribution in [-0.2, 0) is 146 Å². The van der Waals surface area contributed by atoms with E-state index in [4.69, 9.17) is 245 Å². The highest BCUT2D eigenvalue weighted by molar-refractivity contribution is 7.82. The second-order valence-electron chi connectivity index (χ2n) is 5.72. The molecule has 0 saturated carbocycles. The smallest absolute Gasteiger partial charge is 0.0311 e. The van der Waals surface area contributed by atoms with E-state index in [9.17, 15) is 0 Å². The highest BCUT2D eigenvalue weighted by atomic mass is 32.3. The van der Waals surface area contributed by atoms with E-state index < -0.39 is 146 Å². The van der Waals surface area contributed by atoms with Crippen molar-refractivity contribution >= 4 is 146 Å². The van der Waals surface area contributed by atoms with Gasteiger partial charge in [0, 0.05) is 146 Å². The minimum absolute atomic E-state index is 5.17. The monoisotopic (exact) mass is 1340 g/mol. The van der Waals surface area contributed by atoms with Crippen molar-refractivity contribution in [1.82, 2.24) is 0 Å². The Labute approximate surface area is 388 Å². The van der Waals surface area contributed by atoms with Crippen LogP contribution in [0.3, 0.4) is 0 Å². The standard InChI is InChI=1S/14H2O4S/c14*1-5(2,3)4/h14*(H2,1,2,3,4)/p-28. The molecule has 0 N–H and O–H groups in total. The molecule has 0 rings (SSSR count). The van der Waals surface area contributed by atoms with Crippen LogP contribution in [0, 0.1) is 0 Å². The zero-order valence-corrected chi connectivity index (χ0v) is 40.0. The van der Waals surface area contributed by atoms with Crippen LogP contribution in [0.25, 0.3) is 0 Å². The molecule has 0 aliphatic carbocycles. The van der Waals surface area contributed by atoms with Crippen molar-refractivity contribution in [3.8, 4) is 0 Å². The van der Waals surface area contributed by atoms with E-state index in [1.807, 2.05) is 0 Å². The molecule has 0 bridgehead atoms. The van der Waals surface area contributed by atoms with Gasteiger partial charge in [0.25, 0.3) is 0 Å². The SMILES string of the molecule is O=S(=O)([O-])[O-].O=S(=O)([O-])[O-].O=S(=O)([O-])[O-].O=S(=O)([O-])[O-].O=S(=O)([O-])[O-].O=S(=O)([O-])[O-].O=S(=O)([O-])[O-].O=S(=O)([O-])[O-].O=S(=O)([O-])[O-].O=S(=O)([O-])[O-].O=S(=O)([O-])[O-].O=S(=O)([O-])[O-].O=S(=O)([O-])[O-].O=S(=O)([O-])[O-]. The van der Waals surface area contributed by atoms with Gasteiger partial charge < -0.3 is 127 Å². The summed E-state index contributed by atoms with van der Waals surface area (Å²) in [5, 5.41) is 0. The molecule has 0 fully saturated rings. The van der Waals surface area contributed by atoms with Gasteiger partial charge in [0.1, 0.15) is 0 Å². The lowest BCUT2D eigenvalue weighted by Gasteiger charge is -2.06. The third-order valence-electron chi connectivity index (χ3n) is 0. The number of hydrogen-bond acceptors (Lipinski definition) is 56. The summed E-state index contributed by atoms with van der Waals surface area (Å²) in [5.41, 5.74) is 0. The predicted octanol–water partition coefficient (Wildman–Crippen LogP) is -18.7. The fraction of sp³-hybridized carbons (Fsp3) is 0. The summed E-state index contributed by atoms with van der Waals surface area (Å²) in [6, 6.07) is 0. The van der Waals surface area contributed by atoms with Crippen LogP contribution in [0.15, 0.2) is 0 Å². The van der Waals surface area contributed by atoms with Crippen molar-refractivity contribution < 1.29 is 245 Å². The Balaban J connectivity index is -0.0000000402. The van der Waals surface area contributed by atoms with Gasteiger partial charge in [-0.2, -0.15) is 0 Å². The number of rotatable bonds is 0. The highest BCUT2D eigenvalue weighted by Crippen LogP contribution is 1.63. The summed E-state index contributed by atoms with van der Waals surface area (Å²) < 4.78 is 477. The molecular formula is O56S14-28. The van der Waals surface area contributed by atoms with Crippen LogP contribution >= 0.6 is 0 Å². The van der Waals surface area contributed by atoms with Gasteiger partial charge in [0.15, 0.2) is 0 Å². The summed E-state index contributed by atoms with van der Waals surface area (Å²) in [5.74, 6) is 0. The van der Waals surface area contributed by atoms with Crippen LogP contribution < -0.4 is 0 Å². The zero-order valence-electron chi connectivity index (χ0n) is 28.6. The van der Waals surface area contributed by atoms with Crippen molar-refractivity contribution in [2.75, 3.05) is 0 Å². The third-order valence-corrected chi connectivity index (χ3v) is 0. The second kappa shape index (κ2) is 43.6. The topological polar surface area (TPSA) is 1120 Å². The maximum atomic E-state index is 8.52. The molecule has 0 aromatic carbocycles. The van der Waals surface area contributed by atoms with Gasteiger partial charge in [0.05, 0.1) is 0 Å². The Kier molecular flexibility index (Phi) is 65.2. The van der Waals surface area contributed by atoms with Gasteiger partial charge in [0.2, 0.25) is 0 Å². The van der Waals surface area contributed by atoms with Gasteiger partial charge in [-0.25, -0.2) is 0 Å². The normalized spacial score (nSPS) is 11.6. The first kappa shape index (κ1) is 105. The summed E-state index contributed by atoms with van der Waals surface area (Å²) in [6.07, 6.45) is 0. The van der Waals surface area contributed by atoms with E-state index in [1.54, 1.807) is 0 Å². The molecule has 0 unspecified atom stereocenters. The Morgan fingerprint density at radius 1 is 0.0857 bits per heavy atom. The second-order valence-corrected chi connectivity index (χ2v) is 17.1. The van der Waals surface area contributed by atoms with Crippen LogP contribution in [0.1, 0.15) is 0 Å². The predicted molar refractivity (Wildman–Crippen MR) is 147 cm³/mol. The first-order valence-electron chi connectivity index (χ1n) is 9.33. The molecule has 0 aromatic heterocycles. The summed E-state index contributed by atoms with van der Waals surface area (Å²) in [4.78, 5) is 0. The van der Waals surface area contributed by atoms with Crippen molar-refractivity contribution in [1.29, 1.82) is 0 Å². The van der Waals surface area contributed by atoms with Gasteiger partial charge in [-0.05, 0) is 0 Å². The molecule has 0 atom stereocenters. The van der Waals surface area contributed by atoms with Gasteiger partial charge in [-0.15, -0.1) is 0 Å². The Hall–Kier alpha value is -1.82. The first-order valence-corrected chi connectivity index (χ1v) is 28.0. The third kappa shape index (κ3) is 84900. The van der Waals surface area contributed by atoms with Gasteiger partial charge >= 0.3 is 0 Å². The Bertz CT molecular complexity index is 2010. The molecule has 70 heteroatoms. The summed E-state index contributed by atoms with van der Waals surface area (Å²) >= 11 is 0. The van der Waals surface area contributed by atoms with Crippen LogP contribution in [0.5, 0.6) is 0 Å². The van der Waals surface area contributed by atoms with Gasteiger partial charge in [-0.1, -0.05) is 0 Å². The average Bonchev–Trinajstić information content (AvgIpc) is 2.60. The van der Waals surface area contributed by atoms with E-state index in [0.717, 1.165) is 0 Å². The molecule has 0 heterocycles. The highest BCUT2D eigenvalue weighted by Gasteiger charge is 1.55. The molecule has 0 saturated heterocycles. The van der Waals surface area contributed by atoms with Crippen LogP contribution in [-0.4, -0.2) is 245 Å². The Morgan fingerprint density at radius 3 is 0.0857 bits per heavy atom. The quantitative estimate of drug-likeness (QED) is 0.160. The summed E-state index contributed by atoms with van der Waals surface area (Å²) in [7, 11) is -72.3. The molecule has 448 valence electrons. The number of hydrogen-bond donors (Lipinski definition) is 0. The van der Waals surface area contributed by atoms with Crippen molar-refractivity contribution in [2.45, 2.75) is 0 Å². The van der Waals surface area contributed by atoms with E-state index in [0.29, 0.717) is 0 Å². The zero-order chi connectivity index (χ0) is 63.0. The lowest BCUT2D eigenvalue weighted by molar-refractivity contribution is 0.350. The molecule has 0 aliphatic heterocycles. The van der Waals surface area contributed by atoms with E-state index in [2.05, 4.69) is 0 Å². The molecule has 70 heavy (non-hydrogen) atoms. The molecule has 0 spiro atoms. The fourth-order valence-electron chi connectivity index (χ4n) is 0. The molecule has 0 aromatic rings. The van der Waals surface area contributed by atoms with Crippen LogP contribution in [0.4, 0.5) is 0 Å². The maximum absolute atomic E-state index is 8.52. The minimum Gasteiger partial charge on any atom is -0.759 e. The van der Waals surface area contributed by atoms with Crippen LogP contribution in [0.2, 0.25) is 0 Å². The largest absolute Gasteiger partial charge is 0.759 e. The minimum atomic E-state index is -5.17. The summed E-state index contributed by atoms with van der Waals surface area (Å²) in [6.45, 7) is 0. The first-order chi connectivity index (χ1) is 28.0. The molecule has 0 radical (unpaired) electrons. The van der Waals surface area contributed by atoms with E-state index in [1.165, 1.54) is 0 Å². The van der Waals surface area contributed by atoms with Crippen molar-refractivity contribution in [3.05, 3.63) is 0 Å². The van der Waals surface area contributed by atoms with Crippen molar-refractivity contribution in [3.63, 3.8) is 0 Å². The molecule has 0 amide bonds. The lowest BCUT2D eigenvalue weighted by atomic mass is 15.8. The van der Waals surface area contributed by atoms with Gasteiger partial charge in [-0.3, -0.25) is 118 Å². The average molecular weight is 1340 g/mol. The lowest BCUT2D eigenvalue weighted by Crippen LogP contribution is -1.91. The molecular weight excluding hydrogens is 1340 g/mol. The van der Waals surface area contributed by atoms with E-state index >= 15 is 0 Å². The van der Waals surface area contributed by atoms with E-state index in [-0.39, 0.29) is 0 Å². The fourth-order valence-corrected chi connectivity index (χ4v) is 0. The maximum Gasteiger partial charge on any atom is 0.0311 e. The molecule has 0 aliphatic rings. The molecule has 56 nitrogen and oxygen atoms in total.